The smallest absolute Gasteiger partial charge is 0.256 e. The van der Waals surface area contributed by atoms with Crippen LogP contribution in [0.1, 0.15) is 35.6 Å². The average Bonchev–Trinajstić information content (AvgIpc) is 2.84. The van der Waals surface area contributed by atoms with Crippen LogP contribution in [0.15, 0.2) is 34.9 Å². The van der Waals surface area contributed by atoms with Gasteiger partial charge in [0.15, 0.2) is 6.10 Å². The van der Waals surface area contributed by atoms with Gasteiger partial charge in [0.05, 0.1) is 12.2 Å². The number of benzene rings is 1. The lowest BCUT2D eigenvalue weighted by atomic mass is 10.1. The van der Waals surface area contributed by atoms with Crippen LogP contribution in [-0.4, -0.2) is 29.6 Å². The quantitative estimate of drug-likeness (QED) is 0.823. The van der Waals surface area contributed by atoms with Gasteiger partial charge in [0.1, 0.15) is 5.76 Å². The van der Waals surface area contributed by atoms with Crippen LogP contribution in [0.3, 0.4) is 0 Å². The van der Waals surface area contributed by atoms with Gasteiger partial charge >= 0.3 is 0 Å². The standard InChI is InChI=1S/C17H22N2O3/c1-5-21-16(14-9-7-6-8-10-14)17(20)19(4)11-15-12(2)18-22-13(15)3/h6-10,16H,5,11H2,1-4H3/t16-/m0/s1. The molecule has 0 aliphatic rings. The van der Waals surface area contributed by atoms with Gasteiger partial charge in [-0.3, -0.25) is 4.79 Å². The third-order valence-corrected chi connectivity index (χ3v) is 3.61. The van der Waals surface area contributed by atoms with Crippen molar-refractivity contribution in [2.75, 3.05) is 13.7 Å². The highest BCUT2D eigenvalue weighted by atomic mass is 16.5. The Morgan fingerprint density at radius 3 is 2.55 bits per heavy atom. The number of hydrogen-bond donors (Lipinski definition) is 0. The topological polar surface area (TPSA) is 55.6 Å². The zero-order valence-electron chi connectivity index (χ0n) is 13.5. The lowest BCUT2D eigenvalue weighted by molar-refractivity contribution is -0.143. The molecule has 0 fully saturated rings. The summed E-state index contributed by atoms with van der Waals surface area (Å²) in [5.41, 5.74) is 2.61. The minimum absolute atomic E-state index is 0.0759. The van der Waals surface area contributed by atoms with Crippen molar-refractivity contribution >= 4 is 5.91 Å². The molecule has 22 heavy (non-hydrogen) atoms. The van der Waals surface area contributed by atoms with Crippen LogP contribution in [0.2, 0.25) is 0 Å². The maximum absolute atomic E-state index is 12.7. The molecule has 5 nitrogen and oxygen atoms in total. The third kappa shape index (κ3) is 3.54. The van der Waals surface area contributed by atoms with E-state index in [-0.39, 0.29) is 5.91 Å². The Bertz CT molecular complexity index is 603. The number of likely N-dealkylation sites (N-methyl/N-ethyl adjacent to an activating group) is 1. The number of carbonyl (C=O) groups is 1. The summed E-state index contributed by atoms with van der Waals surface area (Å²) in [5, 5.41) is 3.92. The van der Waals surface area contributed by atoms with Crippen molar-refractivity contribution in [2.24, 2.45) is 0 Å². The van der Waals surface area contributed by atoms with E-state index in [1.165, 1.54) is 0 Å². The van der Waals surface area contributed by atoms with E-state index in [4.69, 9.17) is 9.26 Å². The maximum Gasteiger partial charge on any atom is 0.256 e. The summed E-state index contributed by atoms with van der Waals surface area (Å²) >= 11 is 0. The minimum atomic E-state index is -0.586. The second-order valence-corrected chi connectivity index (χ2v) is 5.24. The Labute approximate surface area is 130 Å². The molecule has 2 rings (SSSR count). The summed E-state index contributed by atoms with van der Waals surface area (Å²) < 4.78 is 10.8. The average molecular weight is 302 g/mol. The molecule has 1 atom stereocenters. The number of nitrogens with zero attached hydrogens (tertiary/aromatic N) is 2. The summed E-state index contributed by atoms with van der Waals surface area (Å²) in [6.07, 6.45) is -0.586. The number of rotatable bonds is 6. The SMILES string of the molecule is CCO[C@H](C(=O)N(C)Cc1c(C)noc1C)c1ccccc1. The normalized spacial score (nSPS) is 12.2. The van der Waals surface area contributed by atoms with Gasteiger partial charge in [0.25, 0.3) is 5.91 Å². The van der Waals surface area contributed by atoms with E-state index >= 15 is 0 Å². The molecule has 0 saturated heterocycles. The number of aryl methyl sites for hydroxylation is 2. The summed E-state index contributed by atoms with van der Waals surface area (Å²) in [5.74, 6) is 0.665. The van der Waals surface area contributed by atoms with Crippen molar-refractivity contribution in [3.63, 3.8) is 0 Å². The predicted octanol–water partition coefficient (Wildman–Crippen LogP) is 3.03. The van der Waals surface area contributed by atoms with Crippen molar-refractivity contribution in [2.45, 2.75) is 33.4 Å². The Balaban J connectivity index is 2.16. The van der Waals surface area contributed by atoms with Gasteiger partial charge in [0.2, 0.25) is 0 Å². The first-order valence-corrected chi connectivity index (χ1v) is 7.37. The number of hydrogen-bond acceptors (Lipinski definition) is 4. The molecule has 5 heteroatoms. The summed E-state index contributed by atoms with van der Waals surface area (Å²) in [4.78, 5) is 14.4. The van der Waals surface area contributed by atoms with E-state index in [0.717, 1.165) is 22.6 Å². The highest BCUT2D eigenvalue weighted by Gasteiger charge is 2.25. The van der Waals surface area contributed by atoms with Gasteiger partial charge in [-0.1, -0.05) is 35.5 Å². The van der Waals surface area contributed by atoms with Crippen LogP contribution in [0.25, 0.3) is 0 Å². The highest BCUT2D eigenvalue weighted by Crippen LogP contribution is 2.22. The fraction of sp³-hybridized carbons (Fsp3) is 0.412. The van der Waals surface area contributed by atoms with E-state index in [1.807, 2.05) is 51.1 Å². The van der Waals surface area contributed by atoms with Crippen molar-refractivity contribution < 1.29 is 14.1 Å². The Hall–Kier alpha value is -2.14. The summed E-state index contributed by atoms with van der Waals surface area (Å²) in [6.45, 7) is 6.55. The fourth-order valence-electron chi connectivity index (χ4n) is 2.35. The van der Waals surface area contributed by atoms with Gasteiger partial charge < -0.3 is 14.2 Å². The molecule has 0 aliphatic carbocycles. The van der Waals surface area contributed by atoms with Gasteiger partial charge in [0, 0.05) is 19.2 Å². The van der Waals surface area contributed by atoms with Crippen LogP contribution in [-0.2, 0) is 16.1 Å². The Morgan fingerprint density at radius 1 is 1.32 bits per heavy atom. The fourth-order valence-corrected chi connectivity index (χ4v) is 2.35. The lowest BCUT2D eigenvalue weighted by Crippen LogP contribution is -2.33. The zero-order chi connectivity index (χ0) is 16.1. The summed E-state index contributed by atoms with van der Waals surface area (Å²) in [6, 6.07) is 9.54. The van der Waals surface area contributed by atoms with Gasteiger partial charge in [-0.2, -0.15) is 0 Å². The van der Waals surface area contributed by atoms with E-state index in [2.05, 4.69) is 5.16 Å². The van der Waals surface area contributed by atoms with Crippen molar-refractivity contribution in [3.8, 4) is 0 Å². The lowest BCUT2D eigenvalue weighted by Gasteiger charge is -2.24. The highest BCUT2D eigenvalue weighted by molar-refractivity contribution is 5.82. The molecule has 2 aromatic rings. The predicted molar refractivity (Wildman–Crippen MR) is 83.3 cm³/mol. The maximum atomic E-state index is 12.7. The Morgan fingerprint density at radius 2 is 2.00 bits per heavy atom. The number of aromatic nitrogens is 1. The molecule has 0 saturated carbocycles. The molecule has 1 heterocycles. The van der Waals surface area contributed by atoms with Crippen molar-refractivity contribution in [3.05, 3.63) is 52.9 Å². The molecular weight excluding hydrogens is 280 g/mol. The van der Waals surface area contributed by atoms with E-state index in [1.54, 1.807) is 11.9 Å². The van der Waals surface area contributed by atoms with Gasteiger partial charge in [-0.15, -0.1) is 0 Å². The monoisotopic (exact) mass is 302 g/mol. The molecule has 1 amide bonds. The number of ether oxygens (including phenoxy) is 1. The molecule has 0 aliphatic heterocycles. The molecule has 0 spiro atoms. The van der Waals surface area contributed by atoms with Crippen molar-refractivity contribution in [1.82, 2.24) is 10.1 Å². The zero-order valence-corrected chi connectivity index (χ0v) is 13.5. The molecule has 1 aromatic heterocycles. The molecule has 0 radical (unpaired) electrons. The first-order valence-electron chi connectivity index (χ1n) is 7.37. The molecular formula is C17H22N2O3. The van der Waals surface area contributed by atoms with E-state index in [0.29, 0.717) is 13.2 Å². The summed E-state index contributed by atoms with van der Waals surface area (Å²) in [7, 11) is 1.77. The van der Waals surface area contributed by atoms with E-state index < -0.39 is 6.10 Å². The third-order valence-electron chi connectivity index (χ3n) is 3.61. The Kier molecular flexibility index (Phi) is 5.33. The van der Waals surface area contributed by atoms with Gasteiger partial charge in [-0.25, -0.2) is 0 Å². The van der Waals surface area contributed by atoms with Gasteiger partial charge in [-0.05, 0) is 26.3 Å². The molecule has 0 bridgehead atoms. The first-order chi connectivity index (χ1) is 10.5. The van der Waals surface area contributed by atoms with Crippen molar-refractivity contribution in [1.29, 1.82) is 0 Å². The molecule has 0 unspecified atom stereocenters. The number of amides is 1. The van der Waals surface area contributed by atoms with Crippen LogP contribution in [0, 0.1) is 13.8 Å². The molecule has 1 aromatic carbocycles. The van der Waals surface area contributed by atoms with Crippen LogP contribution < -0.4 is 0 Å². The van der Waals surface area contributed by atoms with Crippen LogP contribution in [0.5, 0.6) is 0 Å². The minimum Gasteiger partial charge on any atom is -0.364 e. The second kappa shape index (κ2) is 7.22. The van der Waals surface area contributed by atoms with Crippen LogP contribution in [0.4, 0.5) is 0 Å². The second-order valence-electron chi connectivity index (χ2n) is 5.24. The molecule has 0 N–H and O–H groups in total. The number of carbonyl (C=O) groups excluding carboxylic acids is 1. The largest absolute Gasteiger partial charge is 0.364 e. The van der Waals surface area contributed by atoms with Crippen LogP contribution >= 0.6 is 0 Å². The molecule has 118 valence electrons. The van der Waals surface area contributed by atoms with E-state index in [9.17, 15) is 4.79 Å². The first kappa shape index (κ1) is 16.2.